The maximum Gasteiger partial charge on any atom is 0.418 e. The zero-order valence-electron chi connectivity index (χ0n) is 27.5. The first kappa shape index (κ1) is 35.4. The molecule has 4 amide bonds. The van der Waals surface area contributed by atoms with Gasteiger partial charge in [0.25, 0.3) is 23.6 Å². The Kier molecular flexibility index (Phi) is 8.89. The first-order valence-corrected chi connectivity index (χ1v) is 16.1. The van der Waals surface area contributed by atoms with Gasteiger partial charge in [0, 0.05) is 34.7 Å². The van der Waals surface area contributed by atoms with Crippen LogP contribution < -0.4 is 20.4 Å². The number of hydrogen-bond donors (Lipinski definition) is 2. The topological polar surface area (TPSA) is 98.8 Å². The average Bonchev–Trinajstić information content (AvgIpc) is 3.15. The minimum atomic E-state index is -4.87. The van der Waals surface area contributed by atoms with Crippen molar-refractivity contribution < 1.29 is 45.5 Å². The summed E-state index contributed by atoms with van der Waals surface area (Å²) in [4.78, 5) is 55.7. The van der Waals surface area contributed by atoms with Crippen LogP contribution in [0.15, 0.2) is 134 Å². The van der Waals surface area contributed by atoms with Crippen LogP contribution in [0, 0.1) is 0 Å². The molecule has 2 aliphatic heterocycles. The van der Waals surface area contributed by atoms with Crippen LogP contribution in [-0.4, -0.2) is 23.6 Å². The molecule has 0 saturated carbocycles. The molecule has 8 nitrogen and oxygen atoms in total. The van der Waals surface area contributed by atoms with E-state index in [1.807, 2.05) is 0 Å². The van der Waals surface area contributed by atoms with E-state index in [9.17, 15) is 45.5 Å². The standard InChI is InChI=1S/C40H24F6N4O4/c41-39(42,43)29-15-5-9-19-33(29)49-35(51)25-13-3-1-11-23(25)27(37(49)53)21-47-31-17-7-8-18-32(31)48-22-28-24-12-2-4-14-26(24)36(52)50(38(28)54)34-20-10-6-16-30(34)40(44,45)46/h1-22,47-48H/b27-21+,28-22+. The predicted molar refractivity (Wildman–Crippen MR) is 189 cm³/mol. The number of carbonyl (C=O) groups excluding carboxylic acids is 4. The highest BCUT2D eigenvalue weighted by Gasteiger charge is 2.43. The van der Waals surface area contributed by atoms with Gasteiger partial charge in [-0.3, -0.25) is 19.2 Å². The van der Waals surface area contributed by atoms with Crippen LogP contribution in [-0.2, 0) is 21.9 Å². The van der Waals surface area contributed by atoms with Gasteiger partial charge < -0.3 is 10.6 Å². The summed E-state index contributed by atoms with van der Waals surface area (Å²) in [6, 6.07) is 26.8. The molecule has 2 N–H and O–H groups in total. The van der Waals surface area contributed by atoms with Gasteiger partial charge in [-0.05, 0) is 48.5 Å². The fourth-order valence-electron chi connectivity index (χ4n) is 6.27. The number of fused-ring (bicyclic) bond motifs is 2. The summed E-state index contributed by atoms with van der Waals surface area (Å²) in [5.74, 6) is -3.94. The highest BCUT2D eigenvalue weighted by molar-refractivity contribution is 6.42. The summed E-state index contributed by atoms with van der Waals surface area (Å²) >= 11 is 0. The molecule has 0 aromatic heterocycles. The van der Waals surface area contributed by atoms with Crippen molar-refractivity contribution in [3.8, 4) is 0 Å². The molecule has 0 bridgehead atoms. The zero-order valence-corrected chi connectivity index (χ0v) is 27.5. The SMILES string of the molecule is O=C1/C(=C/Nc2ccccc2N/C=C2/C(=O)N(c3ccccc3C(F)(F)F)C(=O)c3ccccc32)c2ccccc2C(=O)N1c1ccccc1C(F)(F)F. The van der Waals surface area contributed by atoms with E-state index >= 15 is 0 Å². The molecule has 5 aromatic carbocycles. The molecule has 5 aromatic rings. The van der Waals surface area contributed by atoms with E-state index in [2.05, 4.69) is 10.6 Å². The smallest absolute Gasteiger partial charge is 0.359 e. The number of anilines is 4. The van der Waals surface area contributed by atoms with Gasteiger partial charge in [0.05, 0.1) is 45.0 Å². The largest absolute Gasteiger partial charge is 0.418 e. The third kappa shape index (κ3) is 6.27. The molecule has 2 aliphatic rings. The van der Waals surface area contributed by atoms with Crippen molar-refractivity contribution in [3.05, 3.63) is 167 Å². The van der Waals surface area contributed by atoms with Crippen molar-refractivity contribution in [1.82, 2.24) is 0 Å². The molecule has 0 atom stereocenters. The Morgan fingerprint density at radius 3 is 1.09 bits per heavy atom. The summed E-state index contributed by atoms with van der Waals surface area (Å²) in [5.41, 5.74) is -3.02. The number of hydrogen-bond acceptors (Lipinski definition) is 6. The average molecular weight is 739 g/mol. The number of carbonyl (C=O) groups is 4. The van der Waals surface area contributed by atoms with E-state index in [0.717, 1.165) is 36.4 Å². The van der Waals surface area contributed by atoms with Gasteiger partial charge in [-0.1, -0.05) is 72.8 Å². The first-order valence-electron chi connectivity index (χ1n) is 16.1. The van der Waals surface area contributed by atoms with E-state index in [-0.39, 0.29) is 44.8 Å². The number of para-hydroxylation sites is 4. The number of imide groups is 2. The third-order valence-electron chi connectivity index (χ3n) is 8.74. The van der Waals surface area contributed by atoms with E-state index in [1.54, 1.807) is 36.4 Å². The second-order valence-electron chi connectivity index (χ2n) is 12.0. The van der Waals surface area contributed by atoms with Gasteiger partial charge >= 0.3 is 12.4 Å². The first-order chi connectivity index (χ1) is 25.8. The molecule has 0 radical (unpaired) electrons. The molecule has 270 valence electrons. The number of amides is 4. The summed E-state index contributed by atoms with van der Waals surface area (Å²) in [7, 11) is 0. The predicted octanol–water partition coefficient (Wildman–Crippen LogP) is 9.00. The number of nitrogens with one attached hydrogen (secondary N) is 2. The number of alkyl halides is 6. The van der Waals surface area contributed by atoms with Crippen molar-refractivity contribution in [2.45, 2.75) is 12.4 Å². The van der Waals surface area contributed by atoms with Gasteiger partial charge in [-0.15, -0.1) is 0 Å². The van der Waals surface area contributed by atoms with E-state index < -0.39 is 58.5 Å². The maximum atomic E-state index is 14.0. The molecule has 14 heteroatoms. The molecule has 0 spiro atoms. The highest BCUT2D eigenvalue weighted by Crippen LogP contribution is 2.42. The Hall–Kier alpha value is -6.96. The quantitative estimate of drug-likeness (QED) is 0.103. The lowest BCUT2D eigenvalue weighted by atomic mass is 9.93. The van der Waals surface area contributed by atoms with Gasteiger partial charge in [0.1, 0.15) is 0 Å². The molecular formula is C40H24F6N4O4. The summed E-state index contributed by atoms with van der Waals surface area (Å²) in [6.07, 6.45) is -7.27. The lowest BCUT2D eigenvalue weighted by molar-refractivity contribution is -0.138. The fraction of sp³-hybridized carbons (Fsp3) is 0.0500. The molecule has 0 fully saturated rings. The molecular weight excluding hydrogens is 714 g/mol. The maximum absolute atomic E-state index is 14.0. The molecule has 0 aliphatic carbocycles. The van der Waals surface area contributed by atoms with Gasteiger partial charge in [0.15, 0.2) is 0 Å². The van der Waals surface area contributed by atoms with Gasteiger partial charge in [-0.2, -0.15) is 26.3 Å². The van der Waals surface area contributed by atoms with E-state index in [4.69, 9.17) is 0 Å². The van der Waals surface area contributed by atoms with Crippen molar-refractivity contribution >= 4 is 57.5 Å². The van der Waals surface area contributed by atoms with E-state index in [1.165, 1.54) is 60.9 Å². The molecule has 0 unspecified atom stereocenters. The van der Waals surface area contributed by atoms with Gasteiger partial charge in [0.2, 0.25) is 0 Å². The lowest BCUT2D eigenvalue weighted by Gasteiger charge is -2.30. The Morgan fingerprint density at radius 1 is 0.407 bits per heavy atom. The normalized spacial score (nSPS) is 16.1. The molecule has 2 heterocycles. The number of rotatable bonds is 6. The molecule has 0 saturated heterocycles. The van der Waals surface area contributed by atoms with Crippen LogP contribution in [0.3, 0.4) is 0 Å². The van der Waals surface area contributed by atoms with Gasteiger partial charge in [-0.25, -0.2) is 9.80 Å². The van der Waals surface area contributed by atoms with Crippen molar-refractivity contribution in [2.75, 3.05) is 20.4 Å². The minimum Gasteiger partial charge on any atom is -0.359 e. The van der Waals surface area contributed by atoms with Crippen LogP contribution in [0.2, 0.25) is 0 Å². The number of nitrogens with zero attached hydrogens (tertiary/aromatic N) is 2. The Bertz CT molecular complexity index is 2270. The van der Waals surface area contributed by atoms with Crippen molar-refractivity contribution in [1.29, 1.82) is 0 Å². The second kappa shape index (κ2) is 13.5. The number of benzene rings is 5. The van der Waals surface area contributed by atoms with Crippen LogP contribution in [0.1, 0.15) is 43.0 Å². The second-order valence-corrected chi connectivity index (χ2v) is 12.0. The van der Waals surface area contributed by atoms with Crippen LogP contribution in [0.4, 0.5) is 49.1 Å². The minimum absolute atomic E-state index is 0.0149. The zero-order chi connectivity index (χ0) is 38.4. The summed E-state index contributed by atoms with van der Waals surface area (Å²) in [6.45, 7) is 0. The Morgan fingerprint density at radius 2 is 0.722 bits per heavy atom. The third-order valence-corrected chi connectivity index (χ3v) is 8.74. The van der Waals surface area contributed by atoms with Crippen molar-refractivity contribution in [2.24, 2.45) is 0 Å². The molecule has 7 rings (SSSR count). The van der Waals surface area contributed by atoms with Crippen LogP contribution in [0.5, 0.6) is 0 Å². The Labute approximate surface area is 302 Å². The summed E-state index contributed by atoms with van der Waals surface area (Å²) in [5, 5.41) is 5.92. The number of halogens is 6. The fourth-order valence-corrected chi connectivity index (χ4v) is 6.27. The summed E-state index contributed by atoms with van der Waals surface area (Å²) < 4.78 is 84.0. The van der Waals surface area contributed by atoms with E-state index in [0.29, 0.717) is 9.80 Å². The van der Waals surface area contributed by atoms with Crippen LogP contribution >= 0.6 is 0 Å². The monoisotopic (exact) mass is 738 g/mol. The molecule has 54 heavy (non-hydrogen) atoms. The Balaban J connectivity index is 1.26. The van der Waals surface area contributed by atoms with Crippen molar-refractivity contribution in [3.63, 3.8) is 0 Å². The highest BCUT2D eigenvalue weighted by atomic mass is 19.4. The van der Waals surface area contributed by atoms with Crippen LogP contribution in [0.25, 0.3) is 11.1 Å². The lowest BCUT2D eigenvalue weighted by Crippen LogP contribution is -2.43.